The molecule has 1 aromatic rings. The smallest absolute Gasteiger partial charge is 0.321 e. The first kappa shape index (κ1) is 15.9. The number of benzene rings is 1. The molecule has 0 saturated heterocycles. The Kier molecular flexibility index (Phi) is 5.34. The summed E-state index contributed by atoms with van der Waals surface area (Å²) >= 11 is 5.95. The van der Waals surface area contributed by atoms with Gasteiger partial charge in [0.2, 0.25) is 10.0 Å². The minimum atomic E-state index is -3.94. The minimum Gasteiger partial charge on any atom is -0.480 e. The summed E-state index contributed by atoms with van der Waals surface area (Å²) < 4.78 is 26.4. The van der Waals surface area contributed by atoms with E-state index in [9.17, 15) is 13.2 Å². The Labute approximate surface area is 117 Å². The van der Waals surface area contributed by atoms with Crippen LogP contribution in [0.2, 0.25) is 5.02 Å². The van der Waals surface area contributed by atoms with Gasteiger partial charge in [-0.25, -0.2) is 8.42 Å². The Morgan fingerprint density at radius 3 is 2.63 bits per heavy atom. The highest BCUT2D eigenvalue weighted by Gasteiger charge is 2.26. The maximum Gasteiger partial charge on any atom is 0.321 e. The van der Waals surface area contributed by atoms with E-state index in [0.29, 0.717) is 12.0 Å². The first-order chi connectivity index (χ1) is 8.79. The van der Waals surface area contributed by atoms with E-state index >= 15 is 0 Å². The van der Waals surface area contributed by atoms with Crippen LogP contribution in [0, 0.1) is 6.92 Å². The number of hydrogen-bond acceptors (Lipinski definition) is 3. The van der Waals surface area contributed by atoms with Crippen molar-refractivity contribution in [1.82, 2.24) is 4.72 Å². The predicted molar refractivity (Wildman–Crippen MR) is 72.8 cm³/mol. The molecule has 0 fully saturated rings. The van der Waals surface area contributed by atoms with Crippen molar-refractivity contribution in [3.63, 3.8) is 0 Å². The number of rotatable bonds is 6. The fourth-order valence-corrected chi connectivity index (χ4v) is 3.41. The summed E-state index contributed by atoms with van der Waals surface area (Å²) in [6.45, 7) is 3.46. The number of aliphatic carboxylic acids is 1. The summed E-state index contributed by atoms with van der Waals surface area (Å²) in [4.78, 5) is 10.9. The molecule has 7 heteroatoms. The van der Waals surface area contributed by atoms with E-state index in [-0.39, 0.29) is 16.3 Å². The Morgan fingerprint density at radius 1 is 1.47 bits per heavy atom. The number of nitrogens with one attached hydrogen (secondary N) is 1. The molecule has 0 saturated carbocycles. The zero-order valence-electron chi connectivity index (χ0n) is 10.7. The Balaban J connectivity index is 3.10. The van der Waals surface area contributed by atoms with E-state index in [1.54, 1.807) is 26.0 Å². The fourth-order valence-electron chi connectivity index (χ4n) is 1.60. The van der Waals surface area contributed by atoms with Gasteiger partial charge in [0.15, 0.2) is 0 Å². The van der Waals surface area contributed by atoms with Crippen molar-refractivity contribution < 1.29 is 18.3 Å². The third kappa shape index (κ3) is 3.92. The van der Waals surface area contributed by atoms with Crippen LogP contribution in [0.25, 0.3) is 0 Å². The van der Waals surface area contributed by atoms with Gasteiger partial charge in [-0.2, -0.15) is 4.72 Å². The van der Waals surface area contributed by atoms with Crippen LogP contribution in [0.1, 0.15) is 25.3 Å². The van der Waals surface area contributed by atoms with Crippen LogP contribution in [-0.2, 0) is 14.8 Å². The summed E-state index contributed by atoms with van der Waals surface area (Å²) in [5, 5.41) is 9.09. The Hall–Kier alpha value is -1.11. The second-order valence-corrected chi connectivity index (χ2v) is 6.25. The van der Waals surface area contributed by atoms with E-state index in [4.69, 9.17) is 16.7 Å². The lowest BCUT2D eigenvalue weighted by Gasteiger charge is -2.15. The molecule has 5 nitrogen and oxygen atoms in total. The number of sulfonamides is 1. The van der Waals surface area contributed by atoms with Gasteiger partial charge in [0.25, 0.3) is 0 Å². The van der Waals surface area contributed by atoms with Gasteiger partial charge >= 0.3 is 5.97 Å². The summed E-state index contributed by atoms with van der Waals surface area (Å²) in [5.41, 5.74) is 0.618. The van der Waals surface area contributed by atoms with E-state index in [1.807, 2.05) is 0 Å². The van der Waals surface area contributed by atoms with Gasteiger partial charge in [0.05, 0.1) is 5.02 Å². The average molecular weight is 306 g/mol. The van der Waals surface area contributed by atoms with E-state index in [1.165, 1.54) is 6.07 Å². The number of hydrogen-bond donors (Lipinski definition) is 2. The first-order valence-electron chi connectivity index (χ1n) is 5.80. The third-order valence-electron chi connectivity index (χ3n) is 2.62. The van der Waals surface area contributed by atoms with Crippen LogP contribution in [0.4, 0.5) is 0 Å². The molecule has 0 aliphatic heterocycles. The molecule has 0 radical (unpaired) electrons. The molecular formula is C12H16ClNO4S. The molecule has 1 unspecified atom stereocenters. The highest BCUT2D eigenvalue weighted by Crippen LogP contribution is 2.24. The lowest BCUT2D eigenvalue weighted by molar-refractivity contribution is -0.139. The van der Waals surface area contributed by atoms with Crippen LogP contribution in [0.5, 0.6) is 0 Å². The Morgan fingerprint density at radius 2 is 2.11 bits per heavy atom. The van der Waals surface area contributed by atoms with Crippen LogP contribution >= 0.6 is 11.6 Å². The molecule has 0 aliphatic rings. The van der Waals surface area contributed by atoms with Gasteiger partial charge < -0.3 is 5.11 Å². The largest absolute Gasteiger partial charge is 0.480 e. The number of halogens is 1. The van der Waals surface area contributed by atoms with Crippen molar-refractivity contribution in [3.8, 4) is 0 Å². The number of aryl methyl sites for hydroxylation is 1. The lowest BCUT2D eigenvalue weighted by Crippen LogP contribution is -2.40. The van der Waals surface area contributed by atoms with E-state index < -0.39 is 22.0 Å². The first-order valence-corrected chi connectivity index (χ1v) is 7.66. The maximum absolute atomic E-state index is 12.1. The molecule has 1 rings (SSSR count). The van der Waals surface area contributed by atoms with Crippen LogP contribution in [0.15, 0.2) is 23.1 Å². The molecule has 0 aliphatic carbocycles. The number of carbonyl (C=O) groups is 1. The van der Waals surface area contributed by atoms with Crippen molar-refractivity contribution in [2.45, 2.75) is 37.6 Å². The molecule has 1 atom stereocenters. The van der Waals surface area contributed by atoms with Gasteiger partial charge in [-0.15, -0.1) is 0 Å². The van der Waals surface area contributed by atoms with E-state index in [2.05, 4.69) is 4.72 Å². The molecule has 106 valence electrons. The number of carboxylic acid groups (broad SMARTS) is 1. The maximum atomic E-state index is 12.1. The minimum absolute atomic E-state index is 0.100. The normalized spacial score (nSPS) is 13.2. The SMILES string of the molecule is CCCC(NS(=O)(=O)c1cccc(C)c1Cl)C(=O)O. The van der Waals surface area contributed by atoms with Crippen molar-refractivity contribution in [2.75, 3.05) is 0 Å². The van der Waals surface area contributed by atoms with Gasteiger partial charge in [-0.3, -0.25) is 4.79 Å². The van der Waals surface area contributed by atoms with Gasteiger partial charge in [-0.1, -0.05) is 37.1 Å². The summed E-state index contributed by atoms with van der Waals surface area (Å²) in [5.74, 6) is -1.20. The average Bonchev–Trinajstić information content (AvgIpc) is 2.31. The summed E-state index contributed by atoms with van der Waals surface area (Å²) in [6.07, 6.45) is 0.777. The van der Waals surface area contributed by atoms with Gasteiger partial charge in [-0.05, 0) is 25.0 Å². The van der Waals surface area contributed by atoms with Crippen molar-refractivity contribution >= 4 is 27.6 Å². The quantitative estimate of drug-likeness (QED) is 0.844. The van der Waals surface area contributed by atoms with Crippen molar-refractivity contribution in [2.24, 2.45) is 0 Å². The second kappa shape index (κ2) is 6.36. The lowest BCUT2D eigenvalue weighted by atomic mass is 10.2. The highest BCUT2D eigenvalue weighted by molar-refractivity contribution is 7.89. The molecule has 1 aromatic carbocycles. The van der Waals surface area contributed by atoms with Gasteiger partial charge in [0.1, 0.15) is 10.9 Å². The summed E-state index contributed by atoms with van der Waals surface area (Å²) in [6, 6.07) is 3.45. The molecule has 0 spiro atoms. The zero-order valence-corrected chi connectivity index (χ0v) is 12.3. The molecule has 19 heavy (non-hydrogen) atoms. The molecule has 0 heterocycles. The monoisotopic (exact) mass is 305 g/mol. The van der Waals surface area contributed by atoms with E-state index in [0.717, 1.165) is 0 Å². The highest BCUT2D eigenvalue weighted by atomic mass is 35.5. The molecule has 0 bridgehead atoms. The molecular weight excluding hydrogens is 290 g/mol. The predicted octanol–water partition coefficient (Wildman–Crippen LogP) is 2.18. The molecule has 0 aromatic heterocycles. The van der Waals surface area contributed by atoms with Gasteiger partial charge in [0, 0.05) is 0 Å². The van der Waals surface area contributed by atoms with Crippen LogP contribution < -0.4 is 4.72 Å². The number of carboxylic acids is 1. The second-order valence-electron chi connectivity index (χ2n) is 4.19. The molecule has 0 amide bonds. The Bertz CT molecular complexity index is 571. The standard InChI is InChI=1S/C12H16ClNO4S/c1-3-5-9(12(15)16)14-19(17,18)10-7-4-6-8(2)11(10)13/h4,6-7,9,14H,3,5H2,1-2H3,(H,15,16). The molecule has 2 N–H and O–H groups in total. The fraction of sp³-hybridized carbons (Fsp3) is 0.417. The third-order valence-corrected chi connectivity index (χ3v) is 4.75. The van der Waals surface area contributed by atoms with Crippen LogP contribution in [0.3, 0.4) is 0 Å². The van der Waals surface area contributed by atoms with Crippen LogP contribution in [-0.4, -0.2) is 25.5 Å². The topological polar surface area (TPSA) is 83.5 Å². The van der Waals surface area contributed by atoms with Crippen molar-refractivity contribution in [1.29, 1.82) is 0 Å². The summed E-state index contributed by atoms with van der Waals surface area (Å²) in [7, 11) is -3.94. The zero-order chi connectivity index (χ0) is 14.6. The van der Waals surface area contributed by atoms with Crippen molar-refractivity contribution in [3.05, 3.63) is 28.8 Å².